The fraction of sp³-hybridized carbons (Fsp3) is 0.611. The van der Waals surface area contributed by atoms with E-state index < -0.39 is 11.6 Å². The highest BCUT2D eigenvalue weighted by atomic mass is 19.1. The molecule has 0 spiro atoms. The molecule has 1 aromatic rings. The van der Waals surface area contributed by atoms with Crippen LogP contribution in [0.4, 0.5) is 4.39 Å². The number of hydrogen-bond donors (Lipinski definition) is 1. The molecule has 2 aliphatic rings. The number of phenols is 1. The van der Waals surface area contributed by atoms with Crippen LogP contribution in [0.3, 0.4) is 0 Å². The lowest BCUT2D eigenvalue weighted by molar-refractivity contribution is 0.0715. The number of carbonyl (C=O) groups is 1. The zero-order chi connectivity index (χ0) is 18.2. The summed E-state index contributed by atoms with van der Waals surface area (Å²) in [6.45, 7) is 4.93. The minimum atomic E-state index is -0.815. The Balaban J connectivity index is 1.62. The zero-order valence-corrected chi connectivity index (χ0v) is 14.6. The van der Waals surface area contributed by atoms with Gasteiger partial charge in [0.15, 0.2) is 11.6 Å². The molecular weight excluding hydrogens is 323 g/mol. The first-order valence-electron chi connectivity index (χ1n) is 8.69. The van der Waals surface area contributed by atoms with Gasteiger partial charge < -0.3 is 10.0 Å². The number of fused-ring (bicyclic) bond motifs is 1. The van der Waals surface area contributed by atoms with Crippen molar-refractivity contribution in [1.29, 1.82) is 0 Å². The summed E-state index contributed by atoms with van der Waals surface area (Å²) in [5.41, 5.74) is 8.96. The van der Waals surface area contributed by atoms with Crippen molar-refractivity contribution < 1.29 is 14.3 Å². The lowest BCUT2D eigenvalue weighted by Gasteiger charge is -2.37. The van der Waals surface area contributed by atoms with Crippen LogP contribution in [0.2, 0.25) is 0 Å². The van der Waals surface area contributed by atoms with Gasteiger partial charge in [0.1, 0.15) is 0 Å². The van der Waals surface area contributed by atoms with Crippen molar-refractivity contribution in [2.24, 2.45) is 17.0 Å². The van der Waals surface area contributed by atoms with Crippen molar-refractivity contribution in [3.05, 3.63) is 39.5 Å². The van der Waals surface area contributed by atoms with Gasteiger partial charge in [0.25, 0.3) is 5.91 Å². The number of amides is 1. The number of phenolic OH excluding ortho intramolecular Hbond substituents is 1. The number of halogens is 1. The Labute approximate surface area is 146 Å². The standard InChI is InChI=1S/C18H23FN4O2/c1-18(2,21-22-20)13-6-3-11(4-7-13)9-23-10-12-5-8-14(24)16(19)15(12)17(23)25/h5,8,11,13,24H,3-4,6-7,9-10H2,1-2H3. The molecule has 1 heterocycles. The largest absolute Gasteiger partial charge is 0.505 e. The molecule has 134 valence electrons. The van der Waals surface area contributed by atoms with Crippen LogP contribution in [0, 0.1) is 17.7 Å². The molecule has 1 fully saturated rings. The van der Waals surface area contributed by atoms with Crippen molar-refractivity contribution >= 4 is 5.91 Å². The van der Waals surface area contributed by atoms with E-state index in [2.05, 4.69) is 10.0 Å². The topological polar surface area (TPSA) is 89.3 Å². The van der Waals surface area contributed by atoms with E-state index in [0.29, 0.717) is 30.5 Å². The number of hydrogen-bond acceptors (Lipinski definition) is 3. The Bertz CT molecular complexity index is 735. The van der Waals surface area contributed by atoms with E-state index in [1.165, 1.54) is 6.07 Å². The van der Waals surface area contributed by atoms with Crippen LogP contribution in [-0.2, 0) is 6.54 Å². The van der Waals surface area contributed by atoms with Crippen LogP contribution in [0.5, 0.6) is 5.75 Å². The minimum absolute atomic E-state index is 0.0122. The van der Waals surface area contributed by atoms with Crippen LogP contribution >= 0.6 is 0 Å². The van der Waals surface area contributed by atoms with Gasteiger partial charge in [-0.3, -0.25) is 4.79 Å². The molecule has 0 unspecified atom stereocenters. The number of carbonyl (C=O) groups excluding carboxylic acids is 1. The van der Waals surface area contributed by atoms with E-state index in [0.717, 1.165) is 25.7 Å². The number of benzene rings is 1. The van der Waals surface area contributed by atoms with E-state index in [-0.39, 0.29) is 17.0 Å². The molecule has 1 aliphatic carbocycles. The Kier molecular flexibility index (Phi) is 4.60. The first kappa shape index (κ1) is 17.5. The summed E-state index contributed by atoms with van der Waals surface area (Å²) < 4.78 is 14.0. The number of rotatable bonds is 4. The normalized spacial score (nSPS) is 23.3. The first-order chi connectivity index (χ1) is 11.8. The molecule has 0 atom stereocenters. The summed E-state index contributed by atoms with van der Waals surface area (Å²) in [4.78, 5) is 17.1. The molecule has 1 amide bonds. The molecule has 1 N–H and O–H groups in total. The fourth-order valence-corrected chi connectivity index (χ4v) is 4.11. The zero-order valence-electron chi connectivity index (χ0n) is 14.6. The summed E-state index contributed by atoms with van der Waals surface area (Å²) in [5.74, 6) is -0.909. The lowest BCUT2D eigenvalue weighted by Crippen LogP contribution is -2.36. The second-order valence-electron chi connectivity index (χ2n) is 7.68. The van der Waals surface area contributed by atoms with E-state index >= 15 is 0 Å². The highest BCUT2D eigenvalue weighted by molar-refractivity contribution is 5.99. The van der Waals surface area contributed by atoms with Crippen LogP contribution < -0.4 is 0 Å². The molecule has 0 saturated heterocycles. The monoisotopic (exact) mass is 346 g/mol. The SMILES string of the molecule is CC(C)(N=[N+]=[N-])C1CCC(CN2Cc3ccc(O)c(F)c3C2=O)CC1. The molecule has 6 nitrogen and oxygen atoms in total. The third-order valence-electron chi connectivity index (χ3n) is 5.70. The van der Waals surface area contributed by atoms with Crippen LogP contribution in [-0.4, -0.2) is 28.0 Å². The number of nitrogens with zero attached hydrogens (tertiary/aromatic N) is 4. The van der Waals surface area contributed by atoms with Crippen molar-refractivity contribution in [1.82, 2.24) is 4.90 Å². The highest BCUT2D eigenvalue weighted by Crippen LogP contribution is 2.39. The molecule has 0 radical (unpaired) electrons. The molecule has 1 aromatic carbocycles. The van der Waals surface area contributed by atoms with E-state index in [1.54, 1.807) is 11.0 Å². The second-order valence-corrected chi connectivity index (χ2v) is 7.68. The maximum Gasteiger partial charge on any atom is 0.257 e. The maximum atomic E-state index is 14.0. The van der Waals surface area contributed by atoms with Gasteiger partial charge >= 0.3 is 0 Å². The van der Waals surface area contributed by atoms with Gasteiger partial charge in [0, 0.05) is 23.5 Å². The van der Waals surface area contributed by atoms with Crippen LogP contribution in [0.15, 0.2) is 17.2 Å². The van der Waals surface area contributed by atoms with Gasteiger partial charge in [-0.15, -0.1) is 0 Å². The summed E-state index contributed by atoms with van der Waals surface area (Å²) in [5, 5.41) is 13.4. The quantitative estimate of drug-likeness (QED) is 0.498. The molecular formula is C18H23FN4O2. The summed E-state index contributed by atoms with van der Waals surface area (Å²) in [7, 11) is 0. The maximum absolute atomic E-state index is 14.0. The molecule has 1 saturated carbocycles. The summed E-state index contributed by atoms with van der Waals surface area (Å²) in [6.07, 6.45) is 3.84. The van der Waals surface area contributed by atoms with E-state index in [1.807, 2.05) is 13.8 Å². The third-order valence-corrected chi connectivity index (χ3v) is 5.70. The summed E-state index contributed by atoms with van der Waals surface area (Å²) in [6, 6.07) is 2.92. The minimum Gasteiger partial charge on any atom is -0.505 e. The predicted octanol–water partition coefficient (Wildman–Crippen LogP) is 4.38. The van der Waals surface area contributed by atoms with E-state index in [4.69, 9.17) is 5.53 Å². The average Bonchev–Trinajstić information content (AvgIpc) is 2.88. The Morgan fingerprint density at radius 1 is 1.36 bits per heavy atom. The van der Waals surface area contributed by atoms with Gasteiger partial charge in [0.2, 0.25) is 0 Å². The molecule has 3 rings (SSSR count). The number of aromatic hydroxyl groups is 1. The first-order valence-corrected chi connectivity index (χ1v) is 8.69. The van der Waals surface area contributed by atoms with Crippen LogP contribution in [0.1, 0.15) is 55.5 Å². The molecule has 1 aliphatic heterocycles. The van der Waals surface area contributed by atoms with Gasteiger partial charge in [0.05, 0.1) is 5.56 Å². The lowest BCUT2D eigenvalue weighted by atomic mass is 9.73. The van der Waals surface area contributed by atoms with Gasteiger partial charge in [-0.05, 0) is 54.7 Å². The highest BCUT2D eigenvalue weighted by Gasteiger charge is 2.36. The van der Waals surface area contributed by atoms with Gasteiger partial charge in [-0.25, -0.2) is 4.39 Å². The van der Waals surface area contributed by atoms with E-state index in [9.17, 15) is 14.3 Å². The second kappa shape index (κ2) is 6.56. The Hall–Kier alpha value is -2.27. The smallest absolute Gasteiger partial charge is 0.257 e. The Morgan fingerprint density at radius 3 is 2.68 bits per heavy atom. The van der Waals surface area contributed by atoms with Crippen molar-refractivity contribution in [3.63, 3.8) is 0 Å². The van der Waals surface area contributed by atoms with Crippen molar-refractivity contribution in [3.8, 4) is 5.75 Å². The fourth-order valence-electron chi connectivity index (χ4n) is 4.11. The molecule has 7 heteroatoms. The van der Waals surface area contributed by atoms with Gasteiger partial charge in [-0.2, -0.15) is 0 Å². The Morgan fingerprint density at radius 2 is 2.04 bits per heavy atom. The molecule has 25 heavy (non-hydrogen) atoms. The average molecular weight is 346 g/mol. The number of azide groups is 1. The third kappa shape index (κ3) is 3.29. The van der Waals surface area contributed by atoms with Gasteiger partial charge in [-0.1, -0.05) is 25.0 Å². The summed E-state index contributed by atoms with van der Waals surface area (Å²) >= 11 is 0. The predicted molar refractivity (Wildman–Crippen MR) is 91.5 cm³/mol. The molecule has 0 bridgehead atoms. The van der Waals surface area contributed by atoms with Crippen LogP contribution in [0.25, 0.3) is 10.4 Å². The van der Waals surface area contributed by atoms with Crippen molar-refractivity contribution in [2.45, 2.75) is 51.6 Å². The molecule has 0 aromatic heterocycles. The van der Waals surface area contributed by atoms with Crippen molar-refractivity contribution in [2.75, 3.05) is 6.54 Å².